The lowest BCUT2D eigenvalue weighted by Gasteiger charge is -2.14. The number of amides is 1. The molecule has 0 aliphatic carbocycles. The third-order valence-electron chi connectivity index (χ3n) is 3.65. The van der Waals surface area contributed by atoms with Gasteiger partial charge in [-0.1, -0.05) is 19.9 Å². The number of pyridine rings is 1. The molecule has 0 saturated carbocycles. The minimum atomic E-state index is 0.0961. The van der Waals surface area contributed by atoms with Crippen LogP contribution in [0.2, 0.25) is 0 Å². The molecule has 0 spiro atoms. The molecule has 1 fully saturated rings. The van der Waals surface area contributed by atoms with Gasteiger partial charge >= 0.3 is 0 Å². The summed E-state index contributed by atoms with van der Waals surface area (Å²) in [5, 5.41) is 6.25. The molecule has 1 aliphatic heterocycles. The minimum Gasteiger partial charge on any atom is -0.350 e. The van der Waals surface area contributed by atoms with Gasteiger partial charge in [-0.25, -0.2) is 0 Å². The van der Waals surface area contributed by atoms with Gasteiger partial charge in [-0.05, 0) is 30.5 Å². The van der Waals surface area contributed by atoms with Crippen molar-refractivity contribution in [1.29, 1.82) is 0 Å². The Morgan fingerprint density at radius 3 is 3.06 bits per heavy atom. The van der Waals surface area contributed by atoms with Crippen LogP contribution < -0.4 is 10.6 Å². The van der Waals surface area contributed by atoms with Crippen molar-refractivity contribution >= 4 is 5.91 Å². The van der Waals surface area contributed by atoms with Crippen LogP contribution in [0.3, 0.4) is 0 Å². The molecule has 1 aromatic rings. The summed E-state index contributed by atoms with van der Waals surface area (Å²) in [5.41, 5.74) is 2.18. The second kappa shape index (κ2) is 5.96. The van der Waals surface area contributed by atoms with E-state index in [2.05, 4.69) is 35.5 Å². The molecule has 1 aliphatic rings. The van der Waals surface area contributed by atoms with Crippen LogP contribution in [0, 0.1) is 11.8 Å². The predicted octanol–water partition coefficient (Wildman–Crippen LogP) is 1.12. The quantitative estimate of drug-likeness (QED) is 0.838. The topological polar surface area (TPSA) is 54.0 Å². The maximum atomic E-state index is 12.0. The van der Waals surface area contributed by atoms with E-state index in [1.54, 1.807) is 6.20 Å². The van der Waals surface area contributed by atoms with Crippen molar-refractivity contribution in [3.63, 3.8) is 0 Å². The van der Waals surface area contributed by atoms with Crippen molar-refractivity contribution in [2.24, 2.45) is 11.8 Å². The summed E-state index contributed by atoms with van der Waals surface area (Å²) in [6.07, 6.45) is 2.72. The lowest BCUT2D eigenvalue weighted by molar-refractivity contribution is -0.125. The zero-order chi connectivity index (χ0) is 13.0. The van der Waals surface area contributed by atoms with Crippen LogP contribution in [0.5, 0.6) is 0 Å². The summed E-state index contributed by atoms with van der Waals surface area (Å²) in [6, 6.07) is 4.00. The Hall–Kier alpha value is -1.42. The fourth-order valence-electron chi connectivity index (χ4n) is 2.42. The summed E-state index contributed by atoms with van der Waals surface area (Å²) < 4.78 is 0. The van der Waals surface area contributed by atoms with Gasteiger partial charge in [0.2, 0.25) is 5.91 Å². The fourth-order valence-corrected chi connectivity index (χ4v) is 2.42. The van der Waals surface area contributed by atoms with Gasteiger partial charge in [0.15, 0.2) is 0 Å². The van der Waals surface area contributed by atoms with Gasteiger partial charge in [-0.2, -0.15) is 0 Å². The van der Waals surface area contributed by atoms with Gasteiger partial charge in [0.05, 0.1) is 18.2 Å². The van der Waals surface area contributed by atoms with Crippen molar-refractivity contribution in [3.05, 3.63) is 29.6 Å². The highest BCUT2D eigenvalue weighted by Crippen LogP contribution is 2.16. The first kappa shape index (κ1) is 13.0. The molecule has 2 N–H and O–H groups in total. The second-order valence-corrected chi connectivity index (χ2v) is 4.92. The molecule has 0 radical (unpaired) electrons. The van der Waals surface area contributed by atoms with Crippen LogP contribution in [-0.2, 0) is 17.8 Å². The Labute approximate surface area is 108 Å². The molecule has 2 heterocycles. The molecular formula is C14H21N3O. The average Bonchev–Trinajstić information content (AvgIpc) is 2.82. The minimum absolute atomic E-state index is 0.0961. The third-order valence-corrected chi connectivity index (χ3v) is 3.65. The molecule has 0 bridgehead atoms. The van der Waals surface area contributed by atoms with Crippen molar-refractivity contribution in [3.8, 4) is 0 Å². The molecular weight excluding hydrogens is 226 g/mol. The summed E-state index contributed by atoms with van der Waals surface area (Å²) >= 11 is 0. The van der Waals surface area contributed by atoms with Crippen LogP contribution >= 0.6 is 0 Å². The number of rotatable bonds is 4. The standard InChI is InChI=1S/C14H21N3O/c1-3-11-5-4-6-16-13(11)9-17-14(18)12-8-15-7-10(12)2/h4-6,10,12,15H,3,7-9H2,1-2H3,(H,17,18). The highest BCUT2D eigenvalue weighted by atomic mass is 16.1. The van der Waals surface area contributed by atoms with Crippen LogP contribution in [-0.4, -0.2) is 24.0 Å². The van der Waals surface area contributed by atoms with E-state index in [9.17, 15) is 4.79 Å². The summed E-state index contributed by atoms with van der Waals surface area (Å²) in [6.45, 7) is 6.47. The first-order chi connectivity index (χ1) is 8.72. The predicted molar refractivity (Wildman–Crippen MR) is 71.0 cm³/mol. The van der Waals surface area contributed by atoms with Gasteiger partial charge in [0, 0.05) is 12.7 Å². The van der Waals surface area contributed by atoms with Gasteiger partial charge in [-0.15, -0.1) is 0 Å². The Balaban J connectivity index is 1.93. The normalized spacial score (nSPS) is 23.0. The van der Waals surface area contributed by atoms with E-state index < -0.39 is 0 Å². The molecule has 1 amide bonds. The highest BCUT2D eigenvalue weighted by Gasteiger charge is 2.29. The highest BCUT2D eigenvalue weighted by molar-refractivity contribution is 5.79. The van der Waals surface area contributed by atoms with E-state index in [1.165, 1.54) is 5.56 Å². The first-order valence-corrected chi connectivity index (χ1v) is 6.63. The molecule has 1 aromatic heterocycles. The second-order valence-electron chi connectivity index (χ2n) is 4.92. The number of hydrogen-bond acceptors (Lipinski definition) is 3. The van der Waals surface area contributed by atoms with Crippen LogP contribution in [0.4, 0.5) is 0 Å². The Morgan fingerprint density at radius 2 is 2.39 bits per heavy atom. The van der Waals surface area contributed by atoms with Crippen molar-refractivity contribution < 1.29 is 4.79 Å². The number of hydrogen-bond donors (Lipinski definition) is 2. The van der Waals surface area contributed by atoms with E-state index in [-0.39, 0.29) is 11.8 Å². The van der Waals surface area contributed by atoms with Gasteiger partial charge in [0.1, 0.15) is 0 Å². The van der Waals surface area contributed by atoms with Crippen molar-refractivity contribution in [2.45, 2.75) is 26.8 Å². The van der Waals surface area contributed by atoms with Crippen LogP contribution in [0.15, 0.2) is 18.3 Å². The molecule has 1 saturated heterocycles. The first-order valence-electron chi connectivity index (χ1n) is 6.63. The fraction of sp³-hybridized carbons (Fsp3) is 0.571. The Bertz CT molecular complexity index is 419. The van der Waals surface area contributed by atoms with Gasteiger partial charge in [0.25, 0.3) is 0 Å². The average molecular weight is 247 g/mol. The molecule has 0 aromatic carbocycles. The number of carbonyl (C=O) groups is 1. The van der Waals surface area contributed by atoms with Crippen molar-refractivity contribution in [1.82, 2.24) is 15.6 Å². The molecule has 2 rings (SSSR count). The Kier molecular flexibility index (Phi) is 4.31. The number of aryl methyl sites for hydroxylation is 1. The van der Waals surface area contributed by atoms with E-state index in [0.717, 1.165) is 25.2 Å². The number of aromatic nitrogens is 1. The van der Waals surface area contributed by atoms with Crippen LogP contribution in [0.1, 0.15) is 25.1 Å². The number of nitrogens with zero attached hydrogens (tertiary/aromatic N) is 1. The van der Waals surface area contributed by atoms with Crippen LogP contribution in [0.25, 0.3) is 0 Å². The molecule has 2 atom stereocenters. The zero-order valence-electron chi connectivity index (χ0n) is 11.1. The van der Waals surface area contributed by atoms with E-state index in [4.69, 9.17) is 0 Å². The van der Waals surface area contributed by atoms with Gasteiger partial charge in [-0.3, -0.25) is 9.78 Å². The smallest absolute Gasteiger partial charge is 0.225 e. The maximum absolute atomic E-state index is 12.0. The Morgan fingerprint density at radius 1 is 1.56 bits per heavy atom. The summed E-state index contributed by atoms with van der Waals surface area (Å²) in [7, 11) is 0. The largest absolute Gasteiger partial charge is 0.350 e. The molecule has 98 valence electrons. The molecule has 2 unspecified atom stereocenters. The maximum Gasteiger partial charge on any atom is 0.225 e. The molecule has 18 heavy (non-hydrogen) atoms. The zero-order valence-corrected chi connectivity index (χ0v) is 11.1. The number of nitrogens with one attached hydrogen (secondary N) is 2. The lowest BCUT2D eigenvalue weighted by atomic mass is 9.97. The van der Waals surface area contributed by atoms with E-state index >= 15 is 0 Å². The lowest BCUT2D eigenvalue weighted by Crippen LogP contribution is -2.34. The van der Waals surface area contributed by atoms with E-state index in [0.29, 0.717) is 12.5 Å². The summed E-state index contributed by atoms with van der Waals surface area (Å²) in [5.74, 6) is 0.651. The van der Waals surface area contributed by atoms with Gasteiger partial charge < -0.3 is 10.6 Å². The summed E-state index contributed by atoms with van der Waals surface area (Å²) in [4.78, 5) is 16.4. The van der Waals surface area contributed by atoms with Crippen molar-refractivity contribution in [2.75, 3.05) is 13.1 Å². The monoisotopic (exact) mass is 247 g/mol. The number of carbonyl (C=O) groups excluding carboxylic acids is 1. The SMILES string of the molecule is CCc1cccnc1CNC(=O)C1CNCC1C. The third kappa shape index (κ3) is 2.88. The van der Waals surface area contributed by atoms with E-state index in [1.807, 2.05) is 6.07 Å². The molecule has 4 nitrogen and oxygen atoms in total. The molecule has 4 heteroatoms.